The van der Waals surface area contributed by atoms with Crippen LogP contribution in [0.3, 0.4) is 0 Å². The Kier molecular flexibility index (Phi) is 3.91. The van der Waals surface area contributed by atoms with Gasteiger partial charge in [0, 0.05) is 6.54 Å². The SMILES string of the molecule is NC(=O)C1Cc2ccccc2CN1S(=O)(=O)c1ccc(F)cc1. The van der Waals surface area contributed by atoms with E-state index in [0.717, 1.165) is 27.6 Å². The molecule has 3 rings (SSSR count). The first-order chi connectivity index (χ1) is 10.9. The van der Waals surface area contributed by atoms with Crippen LogP contribution in [-0.4, -0.2) is 24.7 Å². The van der Waals surface area contributed by atoms with Crippen LogP contribution >= 0.6 is 0 Å². The van der Waals surface area contributed by atoms with Crippen LogP contribution in [-0.2, 0) is 27.8 Å². The van der Waals surface area contributed by atoms with Crippen LogP contribution in [0, 0.1) is 5.82 Å². The van der Waals surface area contributed by atoms with Crippen molar-refractivity contribution in [1.29, 1.82) is 0 Å². The van der Waals surface area contributed by atoms with E-state index in [2.05, 4.69) is 0 Å². The number of rotatable bonds is 3. The molecule has 0 aliphatic carbocycles. The first-order valence-electron chi connectivity index (χ1n) is 7.03. The molecule has 2 aromatic carbocycles. The molecule has 1 aliphatic heterocycles. The minimum atomic E-state index is -3.95. The summed E-state index contributed by atoms with van der Waals surface area (Å²) in [5.74, 6) is -1.23. The number of sulfonamides is 1. The average Bonchev–Trinajstić information content (AvgIpc) is 2.54. The molecule has 120 valence electrons. The number of carbonyl (C=O) groups excluding carboxylic acids is 1. The van der Waals surface area contributed by atoms with Gasteiger partial charge in [-0.25, -0.2) is 12.8 Å². The number of hydrogen-bond donors (Lipinski definition) is 1. The molecule has 1 aliphatic rings. The minimum absolute atomic E-state index is 0.0590. The first-order valence-corrected chi connectivity index (χ1v) is 8.47. The third kappa shape index (κ3) is 2.85. The number of carbonyl (C=O) groups is 1. The van der Waals surface area contributed by atoms with Crippen LogP contribution in [0.2, 0.25) is 0 Å². The van der Waals surface area contributed by atoms with Crippen molar-refractivity contribution in [2.45, 2.75) is 23.9 Å². The molecule has 0 saturated carbocycles. The molecular weight excluding hydrogens is 319 g/mol. The number of benzene rings is 2. The Bertz CT molecular complexity index is 850. The molecule has 1 heterocycles. The van der Waals surface area contributed by atoms with Crippen molar-refractivity contribution in [3.8, 4) is 0 Å². The second-order valence-corrected chi connectivity index (χ2v) is 7.29. The number of halogens is 1. The van der Waals surface area contributed by atoms with Gasteiger partial charge in [-0.1, -0.05) is 24.3 Å². The fraction of sp³-hybridized carbons (Fsp3) is 0.188. The van der Waals surface area contributed by atoms with Crippen molar-refractivity contribution < 1.29 is 17.6 Å². The van der Waals surface area contributed by atoms with Gasteiger partial charge in [0.1, 0.15) is 11.9 Å². The Balaban J connectivity index is 2.05. The Morgan fingerprint density at radius 3 is 2.30 bits per heavy atom. The van der Waals surface area contributed by atoms with Crippen molar-refractivity contribution in [2.24, 2.45) is 5.73 Å². The zero-order valence-corrected chi connectivity index (χ0v) is 13.0. The quantitative estimate of drug-likeness (QED) is 0.922. The summed E-state index contributed by atoms with van der Waals surface area (Å²) < 4.78 is 39.8. The van der Waals surface area contributed by atoms with Crippen LogP contribution in [0.4, 0.5) is 4.39 Å². The lowest BCUT2D eigenvalue weighted by molar-refractivity contribution is -0.122. The molecule has 5 nitrogen and oxygen atoms in total. The lowest BCUT2D eigenvalue weighted by atomic mass is 9.96. The van der Waals surface area contributed by atoms with Gasteiger partial charge in [0.15, 0.2) is 0 Å². The van der Waals surface area contributed by atoms with Gasteiger partial charge < -0.3 is 5.73 Å². The van der Waals surface area contributed by atoms with Gasteiger partial charge in [0.05, 0.1) is 4.90 Å². The predicted octanol–water partition coefficient (Wildman–Crippen LogP) is 1.43. The van der Waals surface area contributed by atoms with E-state index in [0.29, 0.717) is 0 Å². The van der Waals surface area contributed by atoms with Crippen LogP contribution in [0.15, 0.2) is 53.4 Å². The summed E-state index contributed by atoms with van der Waals surface area (Å²) in [7, 11) is -3.95. The van der Waals surface area contributed by atoms with Gasteiger partial charge in [-0.05, 0) is 41.8 Å². The van der Waals surface area contributed by atoms with Crippen LogP contribution in [0.5, 0.6) is 0 Å². The summed E-state index contributed by atoms with van der Waals surface area (Å²) >= 11 is 0. The van der Waals surface area contributed by atoms with Crippen molar-refractivity contribution in [3.05, 3.63) is 65.5 Å². The number of nitrogens with two attached hydrogens (primary N) is 1. The fourth-order valence-corrected chi connectivity index (χ4v) is 4.31. The molecule has 1 amide bonds. The topological polar surface area (TPSA) is 80.5 Å². The Morgan fingerprint density at radius 1 is 1.09 bits per heavy atom. The molecule has 7 heteroatoms. The third-order valence-corrected chi connectivity index (χ3v) is 5.82. The molecular formula is C16H15FN2O3S. The summed E-state index contributed by atoms with van der Waals surface area (Å²) in [5, 5.41) is 0. The van der Waals surface area contributed by atoms with Crippen molar-refractivity contribution in [1.82, 2.24) is 4.31 Å². The maximum atomic E-state index is 13.0. The van der Waals surface area contributed by atoms with Crippen LogP contribution in [0.25, 0.3) is 0 Å². The standard InChI is InChI=1S/C16H15FN2O3S/c17-13-5-7-14(8-6-13)23(21,22)19-10-12-4-2-1-3-11(12)9-15(19)16(18)20/h1-8,15H,9-10H2,(H2,18,20). The van der Waals surface area contributed by atoms with Gasteiger partial charge >= 0.3 is 0 Å². The number of nitrogens with zero attached hydrogens (tertiary/aromatic N) is 1. The second kappa shape index (κ2) is 5.75. The normalized spacial score (nSPS) is 18.4. The molecule has 0 aromatic heterocycles. The minimum Gasteiger partial charge on any atom is -0.368 e. The molecule has 0 spiro atoms. The fourth-order valence-electron chi connectivity index (χ4n) is 2.74. The Hall–Kier alpha value is -2.25. The molecule has 0 bridgehead atoms. The van der Waals surface area contributed by atoms with E-state index in [4.69, 9.17) is 5.73 Å². The van der Waals surface area contributed by atoms with E-state index >= 15 is 0 Å². The highest BCUT2D eigenvalue weighted by molar-refractivity contribution is 7.89. The molecule has 0 fully saturated rings. The van der Waals surface area contributed by atoms with Crippen LogP contribution in [0.1, 0.15) is 11.1 Å². The first kappa shape index (κ1) is 15.6. The molecule has 1 atom stereocenters. The highest BCUT2D eigenvalue weighted by atomic mass is 32.2. The summed E-state index contributed by atoms with van der Waals surface area (Å²) in [5.41, 5.74) is 7.14. The number of hydrogen-bond acceptors (Lipinski definition) is 3. The summed E-state index contributed by atoms with van der Waals surface area (Å²) in [6.45, 7) is 0.0590. The number of amides is 1. The van der Waals surface area contributed by atoms with E-state index in [1.54, 1.807) is 0 Å². The zero-order chi connectivity index (χ0) is 16.6. The summed E-state index contributed by atoms with van der Waals surface area (Å²) in [6, 6.07) is 10.9. The van der Waals surface area contributed by atoms with Gasteiger partial charge in [-0.15, -0.1) is 0 Å². The van der Waals surface area contributed by atoms with Gasteiger partial charge in [-0.3, -0.25) is 4.79 Å². The number of fused-ring (bicyclic) bond motifs is 1. The van der Waals surface area contributed by atoms with Crippen molar-refractivity contribution >= 4 is 15.9 Å². The third-order valence-electron chi connectivity index (χ3n) is 3.95. The average molecular weight is 334 g/mol. The van der Waals surface area contributed by atoms with Gasteiger partial charge in [0.25, 0.3) is 0 Å². The summed E-state index contributed by atoms with van der Waals surface area (Å²) in [6.07, 6.45) is 0.228. The van der Waals surface area contributed by atoms with Crippen molar-refractivity contribution in [2.75, 3.05) is 0 Å². The largest absolute Gasteiger partial charge is 0.368 e. The van der Waals surface area contributed by atoms with E-state index in [1.807, 2.05) is 24.3 Å². The second-order valence-electron chi connectivity index (χ2n) is 5.40. The predicted molar refractivity (Wildman–Crippen MR) is 82.3 cm³/mol. The molecule has 23 heavy (non-hydrogen) atoms. The Labute approximate surface area is 133 Å². The van der Waals surface area contributed by atoms with E-state index in [-0.39, 0.29) is 17.9 Å². The van der Waals surface area contributed by atoms with E-state index in [9.17, 15) is 17.6 Å². The molecule has 2 aromatic rings. The maximum Gasteiger partial charge on any atom is 0.244 e. The maximum absolute atomic E-state index is 13.0. The van der Waals surface area contributed by atoms with Gasteiger partial charge in [0.2, 0.25) is 15.9 Å². The van der Waals surface area contributed by atoms with E-state index in [1.165, 1.54) is 12.1 Å². The monoisotopic (exact) mass is 334 g/mol. The lowest BCUT2D eigenvalue weighted by Gasteiger charge is -2.34. The lowest BCUT2D eigenvalue weighted by Crippen LogP contribution is -2.50. The zero-order valence-electron chi connectivity index (χ0n) is 12.1. The summed E-state index contributed by atoms with van der Waals surface area (Å²) in [4.78, 5) is 11.7. The highest BCUT2D eigenvalue weighted by Gasteiger charge is 2.38. The molecule has 2 N–H and O–H groups in total. The molecule has 1 unspecified atom stereocenters. The van der Waals surface area contributed by atoms with Crippen LogP contribution < -0.4 is 5.73 Å². The highest BCUT2D eigenvalue weighted by Crippen LogP contribution is 2.29. The van der Waals surface area contributed by atoms with Crippen molar-refractivity contribution in [3.63, 3.8) is 0 Å². The number of primary amides is 1. The Morgan fingerprint density at radius 2 is 1.70 bits per heavy atom. The van der Waals surface area contributed by atoms with Gasteiger partial charge in [-0.2, -0.15) is 4.31 Å². The van der Waals surface area contributed by atoms with E-state index < -0.39 is 27.8 Å². The smallest absolute Gasteiger partial charge is 0.244 e. The molecule has 0 saturated heterocycles. The molecule has 0 radical (unpaired) electrons.